The summed E-state index contributed by atoms with van der Waals surface area (Å²) in [4.78, 5) is 5.03. The van der Waals surface area contributed by atoms with Gasteiger partial charge in [0.2, 0.25) is 0 Å². The van der Waals surface area contributed by atoms with E-state index in [-0.39, 0.29) is 26.5 Å². The molecular weight excluding hydrogens is 1110 g/mol. The van der Waals surface area contributed by atoms with E-state index in [0.29, 0.717) is 0 Å². The van der Waals surface area contributed by atoms with Gasteiger partial charge in [-0.05, 0) is 101 Å². The Labute approximate surface area is 458 Å². The van der Waals surface area contributed by atoms with Crippen LogP contribution in [0.1, 0.15) is 43.0 Å². The fourth-order valence-corrected chi connectivity index (χ4v) is 10.8. The van der Waals surface area contributed by atoms with Crippen LogP contribution in [0, 0.1) is 12.4 Å². The number of benzene rings is 9. The van der Waals surface area contributed by atoms with Crippen molar-refractivity contribution in [3.8, 4) is 61.7 Å². The van der Waals surface area contributed by atoms with Crippen molar-refractivity contribution in [2.45, 2.75) is 26.2 Å². The second-order valence-corrected chi connectivity index (χ2v) is 20.1. The van der Waals surface area contributed by atoms with Crippen molar-refractivity contribution in [1.29, 1.82) is 0 Å². The first-order chi connectivity index (χ1) is 36.9. The van der Waals surface area contributed by atoms with Crippen LogP contribution in [0.25, 0.3) is 101 Å². The molecule has 5 nitrogen and oxygen atoms in total. The Morgan fingerprint density at radius 2 is 1.05 bits per heavy atom. The monoisotopic (exact) mass is 1160 g/mol. The maximum Gasteiger partial charge on any atom is 0.268 e. The molecule has 0 saturated heterocycles. The molecule has 1 aliphatic rings. The second-order valence-electron chi connectivity index (χ2n) is 20.1. The van der Waals surface area contributed by atoms with Crippen molar-refractivity contribution >= 4 is 39.4 Å². The second kappa shape index (κ2) is 20.1. The van der Waals surface area contributed by atoms with Crippen molar-refractivity contribution in [3.05, 3.63) is 295 Å². The zero-order valence-corrected chi connectivity index (χ0v) is 44.6. The molecule has 0 N–H and O–H groups in total. The number of nitrogens with zero attached hydrogens (tertiary/aromatic N) is 5. The molecule has 13 rings (SSSR count). The van der Waals surface area contributed by atoms with Gasteiger partial charge in [-0.25, -0.2) is 0 Å². The van der Waals surface area contributed by atoms with Gasteiger partial charge in [0, 0.05) is 27.3 Å². The number of allylic oxidation sites excluding steroid dienone is 1. The first kappa shape index (κ1) is 48.1. The van der Waals surface area contributed by atoms with Crippen LogP contribution in [0.3, 0.4) is 0 Å². The molecule has 0 unspecified atom stereocenters. The normalized spacial score (nSPS) is 12.8. The Kier molecular flexibility index (Phi) is 12.7. The van der Waals surface area contributed by atoms with E-state index in [4.69, 9.17) is 10.3 Å². The van der Waals surface area contributed by atoms with E-state index < -0.39 is 0 Å². The number of pyridine rings is 1. The summed E-state index contributed by atoms with van der Waals surface area (Å²) in [6, 6.07) is 87.9. The number of hydrogen-bond acceptors (Lipinski definition) is 1. The summed E-state index contributed by atoms with van der Waals surface area (Å²) in [6.45, 7) is 6.73. The molecule has 0 fully saturated rings. The molecule has 3 aromatic heterocycles. The maximum atomic E-state index is 5.82. The topological polar surface area (TPSA) is 40.7 Å². The number of aromatic nitrogens is 4. The predicted octanol–water partition coefficient (Wildman–Crippen LogP) is 17.3. The van der Waals surface area contributed by atoms with Crippen LogP contribution < -0.4 is 4.57 Å². The average Bonchev–Trinajstić information content (AvgIpc) is 4.13. The SMILES string of the molecule is CC(C)(C)c1ccnc(-n2c3c(c4ccccc42)C=C/C(=C(/c2[c-]c(-n4[c-][n+](-c5c(-c6ccccc6)cccc5-c5ccccc5)c5ccccc54)ccc2)c2c(-c4ccccc4)cccc2-c2ccccc2)[N-]3)c1.[Pt]. The number of fused-ring (bicyclic) bond motifs is 4. The fraction of sp³-hybridized carbons (Fsp3) is 0.0571. The van der Waals surface area contributed by atoms with Gasteiger partial charge in [-0.15, -0.1) is 29.8 Å². The van der Waals surface area contributed by atoms with E-state index >= 15 is 0 Å². The van der Waals surface area contributed by atoms with Gasteiger partial charge < -0.3 is 14.5 Å². The number of para-hydroxylation sites is 4. The van der Waals surface area contributed by atoms with Gasteiger partial charge in [-0.1, -0.05) is 250 Å². The molecule has 0 amide bonds. The zero-order chi connectivity index (χ0) is 50.5. The summed E-state index contributed by atoms with van der Waals surface area (Å²) in [6.07, 6.45) is 10.3. The number of rotatable bonds is 9. The van der Waals surface area contributed by atoms with Crippen molar-refractivity contribution in [1.82, 2.24) is 14.1 Å². The molecule has 76 heavy (non-hydrogen) atoms. The molecule has 0 bridgehead atoms. The van der Waals surface area contributed by atoms with Gasteiger partial charge in [-0.3, -0.25) is 9.55 Å². The van der Waals surface area contributed by atoms with Gasteiger partial charge >= 0.3 is 0 Å². The summed E-state index contributed by atoms with van der Waals surface area (Å²) in [5.74, 6) is 1.66. The standard InChI is InChI=1S/C70H51N5.Pt/c1-70(2,3)53-43-44-71-65(46-53)75-62-38-17-16-33-59(62)60-41-42-61(72-69(60)75)66(67-55(48-23-8-4-9-24-48)34-21-35-56(67)49-25-10-5-11-26-49)52-31-20-32-54(45-52)73-47-74(64-40-19-18-39-63(64)73)68-57(50-27-12-6-13-28-50)36-22-37-58(68)51-29-14-7-15-30-51;/h4-44,46H,1-3H3;/q-2;/b66-61+;. The van der Waals surface area contributed by atoms with Crippen molar-refractivity contribution in [2.75, 3.05) is 0 Å². The zero-order valence-electron chi connectivity index (χ0n) is 42.3. The van der Waals surface area contributed by atoms with Crippen LogP contribution in [-0.2, 0) is 26.5 Å². The summed E-state index contributed by atoms with van der Waals surface area (Å²) in [5.41, 5.74) is 19.7. The summed E-state index contributed by atoms with van der Waals surface area (Å²) >= 11 is 0. The van der Waals surface area contributed by atoms with Crippen LogP contribution >= 0.6 is 0 Å². The molecule has 12 aromatic rings. The van der Waals surface area contributed by atoms with E-state index in [1.165, 1.54) is 5.56 Å². The van der Waals surface area contributed by atoms with Crippen LogP contribution in [0.4, 0.5) is 5.82 Å². The third-order valence-electron chi connectivity index (χ3n) is 14.4. The molecule has 1 aliphatic heterocycles. The van der Waals surface area contributed by atoms with E-state index in [2.05, 4.69) is 296 Å². The van der Waals surface area contributed by atoms with E-state index in [1.807, 2.05) is 6.20 Å². The molecule has 4 heterocycles. The predicted molar refractivity (Wildman–Crippen MR) is 309 cm³/mol. The van der Waals surface area contributed by atoms with Gasteiger partial charge in [0.25, 0.3) is 6.33 Å². The van der Waals surface area contributed by atoms with E-state index in [1.54, 1.807) is 0 Å². The molecule has 6 heteroatoms. The van der Waals surface area contributed by atoms with Gasteiger partial charge in [0.1, 0.15) is 0 Å². The number of imidazole rings is 1. The molecule has 0 aliphatic carbocycles. The maximum absolute atomic E-state index is 5.82. The van der Waals surface area contributed by atoms with Crippen molar-refractivity contribution in [2.24, 2.45) is 0 Å². The van der Waals surface area contributed by atoms with Gasteiger partial charge in [0.05, 0.1) is 22.5 Å². The molecular formula is C70H51N5Pt-2. The first-order valence-electron chi connectivity index (χ1n) is 25.6. The third-order valence-corrected chi connectivity index (χ3v) is 14.4. The van der Waals surface area contributed by atoms with Crippen LogP contribution in [-0.4, -0.2) is 14.1 Å². The largest absolute Gasteiger partial charge is 0.443 e. The van der Waals surface area contributed by atoms with E-state index in [0.717, 1.165) is 117 Å². The first-order valence-corrected chi connectivity index (χ1v) is 25.6. The molecule has 0 radical (unpaired) electrons. The summed E-state index contributed by atoms with van der Waals surface area (Å²) in [7, 11) is 0. The third kappa shape index (κ3) is 8.63. The smallest absolute Gasteiger partial charge is 0.268 e. The molecule has 9 aromatic carbocycles. The van der Waals surface area contributed by atoms with Crippen LogP contribution in [0.15, 0.2) is 255 Å². The molecule has 368 valence electrons. The molecule has 0 atom stereocenters. The van der Waals surface area contributed by atoms with E-state index in [9.17, 15) is 0 Å². The average molecular weight is 1160 g/mol. The Morgan fingerprint density at radius 1 is 0.526 bits per heavy atom. The summed E-state index contributed by atoms with van der Waals surface area (Å²) in [5, 5.41) is 6.94. The Morgan fingerprint density at radius 3 is 1.66 bits per heavy atom. The quantitative estimate of drug-likeness (QED) is 0.105. The minimum atomic E-state index is -0.0803. The van der Waals surface area contributed by atoms with Crippen LogP contribution in [0.5, 0.6) is 0 Å². The van der Waals surface area contributed by atoms with Crippen molar-refractivity contribution < 1.29 is 25.6 Å². The Bertz CT molecular complexity index is 4050. The summed E-state index contributed by atoms with van der Waals surface area (Å²) < 4.78 is 6.63. The van der Waals surface area contributed by atoms with Crippen molar-refractivity contribution in [3.63, 3.8) is 0 Å². The molecule has 0 saturated carbocycles. The van der Waals surface area contributed by atoms with Gasteiger partial charge in [0.15, 0.2) is 0 Å². The Hall–Kier alpha value is -8.89. The van der Waals surface area contributed by atoms with Gasteiger partial charge in [-0.2, -0.15) is 0 Å². The van der Waals surface area contributed by atoms with Crippen LogP contribution in [0.2, 0.25) is 0 Å². The minimum Gasteiger partial charge on any atom is -0.443 e. The fourth-order valence-electron chi connectivity index (χ4n) is 10.8. The Balaban J connectivity index is 0.00000582. The number of hydrogen-bond donors (Lipinski definition) is 0. The molecule has 0 spiro atoms. The minimum absolute atomic E-state index is 0.